The molecule has 4 nitrogen and oxygen atoms in total. The van der Waals surface area contributed by atoms with E-state index in [4.69, 9.17) is 14.5 Å². The molecule has 2 heterocycles. The van der Waals surface area contributed by atoms with E-state index in [1.165, 1.54) is 5.39 Å². The normalized spacial score (nSPS) is 10.9. The van der Waals surface area contributed by atoms with Crippen molar-refractivity contribution in [2.24, 2.45) is 0 Å². The highest BCUT2D eigenvalue weighted by atomic mass is 16.5. The van der Waals surface area contributed by atoms with Crippen molar-refractivity contribution < 1.29 is 9.47 Å². The number of hydrogen-bond donors (Lipinski definition) is 1. The molecule has 5 aromatic rings. The number of aromatic nitrogens is 2. The van der Waals surface area contributed by atoms with Crippen LogP contribution in [-0.2, 0) is 0 Å². The first-order valence-electron chi connectivity index (χ1n) is 10.1. The highest BCUT2D eigenvalue weighted by molar-refractivity contribution is 5.96. The molecule has 3 aromatic carbocycles. The second kappa shape index (κ2) is 8.00. The molecule has 0 aliphatic heterocycles. The molecule has 0 aliphatic carbocycles. The van der Waals surface area contributed by atoms with Gasteiger partial charge >= 0.3 is 0 Å². The molecular weight excluding hydrogens is 384 g/mol. The van der Waals surface area contributed by atoms with Crippen LogP contribution in [0.3, 0.4) is 0 Å². The number of nitrogens with one attached hydrogen (secondary N) is 1. The quantitative estimate of drug-likeness (QED) is 0.358. The topological polar surface area (TPSA) is 47.1 Å². The van der Waals surface area contributed by atoms with Gasteiger partial charge in [0.15, 0.2) is 0 Å². The largest absolute Gasteiger partial charge is 0.497 e. The molecule has 0 saturated carbocycles. The zero-order valence-corrected chi connectivity index (χ0v) is 17.4. The molecule has 0 unspecified atom stereocenters. The summed E-state index contributed by atoms with van der Waals surface area (Å²) in [6.07, 6.45) is 2.07. The van der Waals surface area contributed by atoms with Crippen LogP contribution in [0.1, 0.15) is 0 Å². The molecule has 0 bridgehead atoms. The number of aromatic amines is 1. The maximum Gasteiger partial charge on any atom is 0.118 e. The first-order valence-corrected chi connectivity index (χ1v) is 10.1. The Morgan fingerprint density at radius 3 is 1.74 bits per heavy atom. The lowest BCUT2D eigenvalue weighted by Gasteiger charge is -2.11. The van der Waals surface area contributed by atoms with Gasteiger partial charge in [-0.05, 0) is 72.3 Å². The number of nitrogens with zero attached hydrogens (tertiary/aromatic N) is 1. The van der Waals surface area contributed by atoms with Crippen molar-refractivity contribution in [3.8, 4) is 45.1 Å². The second-order valence-electron chi connectivity index (χ2n) is 7.33. The summed E-state index contributed by atoms with van der Waals surface area (Å²) in [5.41, 5.74) is 7.29. The predicted octanol–water partition coefficient (Wildman–Crippen LogP) is 6.58. The molecule has 31 heavy (non-hydrogen) atoms. The van der Waals surface area contributed by atoms with E-state index in [2.05, 4.69) is 41.5 Å². The molecule has 2 aromatic heterocycles. The molecular formula is C27H22N2O2. The summed E-state index contributed by atoms with van der Waals surface area (Å²) in [4.78, 5) is 8.36. The van der Waals surface area contributed by atoms with Crippen molar-refractivity contribution in [2.45, 2.75) is 0 Å². The summed E-state index contributed by atoms with van der Waals surface area (Å²) in [7, 11) is 3.35. The number of hydrogen-bond acceptors (Lipinski definition) is 3. The zero-order valence-electron chi connectivity index (χ0n) is 17.4. The third-order valence-electron chi connectivity index (χ3n) is 5.50. The van der Waals surface area contributed by atoms with Gasteiger partial charge in [0.25, 0.3) is 0 Å². The maximum absolute atomic E-state index is 5.31. The minimum atomic E-state index is 0.826. The van der Waals surface area contributed by atoms with E-state index in [-0.39, 0.29) is 0 Å². The number of pyridine rings is 1. The first-order chi connectivity index (χ1) is 15.2. The number of benzene rings is 3. The predicted molar refractivity (Wildman–Crippen MR) is 126 cm³/mol. The number of H-pyrrole nitrogens is 1. The van der Waals surface area contributed by atoms with E-state index in [1.807, 2.05) is 54.6 Å². The van der Waals surface area contributed by atoms with Crippen LogP contribution in [0.4, 0.5) is 0 Å². The number of fused-ring (bicyclic) bond motifs is 1. The monoisotopic (exact) mass is 406 g/mol. The summed E-state index contributed by atoms with van der Waals surface area (Å²) in [6, 6.07) is 28.6. The van der Waals surface area contributed by atoms with Crippen LogP contribution in [-0.4, -0.2) is 24.2 Å². The standard InChI is InChI=1S/C27H22N2O2/c1-30-21-11-7-18(8-12-21)26-15-20(24-17-28-25-6-4-3-5-23(24)25)16-27(29-26)19-9-13-22(31-2)14-10-19/h3-17,28H,1-2H3. The maximum atomic E-state index is 5.31. The van der Waals surface area contributed by atoms with Crippen LogP contribution in [0.15, 0.2) is 91.1 Å². The van der Waals surface area contributed by atoms with Gasteiger partial charge in [-0.15, -0.1) is 0 Å². The highest BCUT2D eigenvalue weighted by Crippen LogP contribution is 2.34. The van der Waals surface area contributed by atoms with Crippen molar-refractivity contribution >= 4 is 10.9 Å². The van der Waals surface area contributed by atoms with E-state index in [9.17, 15) is 0 Å². The van der Waals surface area contributed by atoms with Crippen LogP contribution in [0.25, 0.3) is 44.5 Å². The SMILES string of the molecule is COc1ccc(-c2cc(-c3c[nH]c4ccccc34)cc(-c3ccc(OC)cc3)n2)cc1. The van der Waals surface area contributed by atoms with Gasteiger partial charge in [0.2, 0.25) is 0 Å². The number of para-hydroxylation sites is 1. The van der Waals surface area contributed by atoms with Crippen LogP contribution in [0.2, 0.25) is 0 Å². The fourth-order valence-electron chi connectivity index (χ4n) is 3.82. The fourth-order valence-corrected chi connectivity index (χ4v) is 3.82. The fraction of sp³-hybridized carbons (Fsp3) is 0.0741. The van der Waals surface area contributed by atoms with Crippen molar-refractivity contribution in [3.05, 3.63) is 91.1 Å². The number of rotatable bonds is 5. The average Bonchev–Trinajstić information content (AvgIpc) is 3.28. The first kappa shape index (κ1) is 18.9. The lowest BCUT2D eigenvalue weighted by Crippen LogP contribution is -1.92. The van der Waals surface area contributed by atoms with Gasteiger partial charge in [-0.2, -0.15) is 0 Å². The molecule has 4 heteroatoms. The molecule has 1 N–H and O–H groups in total. The Hall–Kier alpha value is -4.05. The molecule has 5 rings (SSSR count). The summed E-state index contributed by atoms with van der Waals surface area (Å²) in [6.45, 7) is 0. The third-order valence-corrected chi connectivity index (χ3v) is 5.50. The Labute approximate surface area is 181 Å². The van der Waals surface area contributed by atoms with Gasteiger partial charge in [-0.1, -0.05) is 18.2 Å². The summed E-state index contributed by atoms with van der Waals surface area (Å²) >= 11 is 0. The number of ether oxygens (including phenoxy) is 2. The van der Waals surface area contributed by atoms with Crippen LogP contribution in [0.5, 0.6) is 11.5 Å². The molecule has 0 radical (unpaired) electrons. The van der Waals surface area contributed by atoms with Gasteiger partial charge in [-0.25, -0.2) is 4.98 Å². The lowest BCUT2D eigenvalue weighted by atomic mass is 9.99. The van der Waals surface area contributed by atoms with Crippen LogP contribution < -0.4 is 9.47 Å². The van der Waals surface area contributed by atoms with E-state index in [0.717, 1.165) is 50.7 Å². The summed E-state index contributed by atoms with van der Waals surface area (Å²) in [5, 5.41) is 1.19. The Bertz CT molecular complexity index is 1270. The molecule has 0 atom stereocenters. The van der Waals surface area contributed by atoms with E-state index < -0.39 is 0 Å². The molecule has 0 amide bonds. The van der Waals surface area contributed by atoms with Crippen molar-refractivity contribution in [3.63, 3.8) is 0 Å². The van der Waals surface area contributed by atoms with E-state index in [0.29, 0.717) is 0 Å². The molecule has 152 valence electrons. The zero-order chi connectivity index (χ0) is 21.2. The minimum Gasteiger partial charge on any atom is -0.497 e. The summed E-state index contributed by atoms with van der Waals surface area (Å²) < 4.78 is 10.6. The van der Waals surface area contributed by atoms with E-state index >= 15 is 0 Å². The molecule has 0 aliphatic rings. The molecule has 0 spiro atoms. The van der Waals surface area contributed by atoms with Crippen LogP contribution in [0, 0.1) is 0 Å². The highest BCUT2D eigenvalue weighted by Gasteiger charge is 2.12. The van der Waals surface area contributed by atoms with Gasteiger partial charge < -0.3 is 14.5 Å². The van der Waals surface area contributed by atoms with Crippen molar-refractivity contribution in [1.29, 1.82) is 0 Å². The molecule has 0 fully saturated rings. The Morgan fingerprint density at radius 1 is 0.645 bits per heavy atom. The Kier molecular flexibility index (Phi) is 4.89. The number of methoxy groups -OCH3 is 2. The van der Waals surface area contributed by atoms with E-state index in [1.54, 1.807) is 14.2 Å². The second-order valence-corrected chi connectivity index (χ2v) is 7.33. The third kappa shape index (κ3) is 3.64. The van der Waals surface area contributed by atoms with Gasteiger partial charge in [0, 0.05) is 33.8 Å². The smallest absolute Gasteiger partial charge is 0.118 e. The van der Waals surface area contributed by atoms with Gasteiger partial charge in [0.1, 0.15) is 11.5 Å². The summed E-state index contributed by atoms with van der Waals surface area (Å²) in [5.74, 6) is 1.65. The van der Waals surface area contributed by atoms with Crippen LogP contribution >= 0.6 is 0 Å². The van der Waals surface area contributed by atoms with Crippen molar-refractivity contribution in [1.82, 2.24) is 9.97 Å². The minimum absolute atomic E-state index is 0.826. The Morgan fingerprint density at radius 2 is 1.19 bits per heavy atom. The Balaban J connectivity index is 1.69. The average molecular weight is 406 g/mol. The molecule has 0 saturated heterocycles. The van der Waals surface area contributed by atoms with Crippen molar-refractivity contribution in [2.75, 3.05) is 14.2 Å². The lowest BCUT2D eigenvalue weighted by molar-refractivity contribution is 0.415. The van der Waals surface area contributed by atoms with Gasteiger partial charge in [0.05, 0.1) is 25.6 Å². The van der Waals surface area contributed by atoms with Gasteiger partial charge in [-0.3, -0.25) is 0 Å².